The van der Waals surface area contributed by atoms with Gasteiger partial charge in [0.1, 0.15) is 12.4 Å². The predicted octanol–water partition coefficient (Wildman–Crippen LogP) is 7.12. The van der Waals surface area contributed by atoms with Gasteiger partial charge in [-0.15, -0.1) is 0 Å². The van der Waals surface area contributed by atoms with Gasteiger partial charge in [0.15, 0.2) is 0 Å². The summed E-state index contributed by atoms with van der Waals surface area (Å²) in [6, 6.07) is 21.6. The van der Waals surface area contributed by atoms with Gasteiger partial charge in [-0.05, 0) is 78.3 Å². The molecular formula is C27H25ClN2O3. The molecule has 3 aromatic rings. The quantitative estimate of drug-likeness (QED) is 0.325. The fourth-order valence-corrected chi connectivity index (χ4v) is 6.66. The number of hydrogen-bond donors (Lipinski definition) is 1. The van der Waals surface area contributed by atoms with Crippen molar-refractivity contribution in [1.29, 1.82) is 0 Å². The highest BCUT2D eigenvalue weighted by Gasteiger charge is 2.54. The number of nitrogens with one attached hydrogen (secondary N) is 1. The number of non-ortho nitro benzene ring substituents is 1. The van der Waals surface area contributed by atoms with Crippen LogP contribution in [-0.2, 0) is 6.61 Å². The van der Waals surface area contributed by atoms with E-state index in [4.69, 9.17) is 16.3 Å². The van der Waals surface area contributed by atoms with E-state index in [2.05, 4.69) is 17.4 Å². The summed E-state index contributed by atoms with van der Waals surface area (Å²) in [6.07, 6.45) is 3.72. The van der Waals surface area contributed by atoms with E-state index in [1.807, 2.05) is 48.5 Å². The van der Waals surface area contributed by atoms with Crippen LogP contribution in [0, 0.1) is 27.9 Å². The van der Waals surface area contributed by atoms with Crippen molar-refractivity contribution in [1.82, 2.24) is 0 Å². The lowest BCUT2D eigenvalue weighted by molar-refractivity contribution is -0.384. The zero-order valence-electron chi connectivity index (χ0n) is 18.1. The molecule has 5 atom stereocenters. The zero-order chi connectivity index (χ0) is 22.5. The molecule has 33 heavy (non-hydrogen) atoms. The molecular weight excluding hydrogens is 436 g/mol. The number of nitro benzene ring substituents is 1. The molecule has 6 rings (SSSR count). The van der Waals surface area contributed by atoms with Crippen LogP contribution in [0.3, 0.4) is 0 Å². The summed E-state index contributed by atoms with van der Waals surface area (Å²) in [5.41, 5.74) is 4.57. The first-order valence-corrected chi connectivity index (χ1v) is 12.0. The number of fused-ring (bicyclic) bond motifs is 7. The highest BCUT2D eigenvalue weighted by atomic mass is 35.5. The molecule has 0 unspecified atom stereocenters. The third-order valence-electron chi connectivity index (χ3n) is 7.87. The number of anilines is 1. The van der Waals surface area contributed by atoms with E-state index in [0.29, 0.717) is 35.3 Å². The van der Waals surface area contributed by atoms with Crippen LogP contribution in [0.5, 0.6) is 5.75 Å². The summed E-state index contributed by atoms with van der Waals surface area (Å²) >= 11 is 6.24. The molecule has 2 saturated carbocycles. The molecule has 1 N–H and O–H groups in total. The third-order valence-corrected chi connectivity index (χ3v) is 8.24. The molecule has 6 heteroatoms. The lowest BCUT2D eigenvalue weighted by Crippen LogP contribution is -2.35. The number of halogens is 1. The molecule has 3 aliphatic rings. The van der Waals surface area contributed by atoms with E-state index < -0.39 is 0 Å². The van der Waals surface area contributed by atoms with Crippen LogP contribution in [0.4, 0.5) is 11.4 Å². The summed E-state index contributed by atoms with van der Waals surface area (Å²) in [4.78, 5) is 11.1. The molecule has 0 saturated heterocycles. The minimum atomic E-state index is -0.282. The van der Waals surface area contributed by atoms with Gasteiger partial charge in [0.2, 0.25) is 0 Å². The monoisotopic (exact) mass is 460 g/mol. The summed E-state index contributed by atoms with van der Waals surface area (Å²) < 4.78 is 5.97. The molecule has 1 aliphatic heterocycles. The minimum Gasteiger partial charge on any atom is -0.489 e. The summed E-state index contributed by atoms with van der Waals surface area (Å²) in [5, 5.41) is 15.8. The molecule has 3 aromatic carbocycles. The van der Waals surface area contributed by atoms with E-state index >= 15 is 0 Å². The second-order valence-electron chi connectivity index (χ2n) is 9.54. The molecule has 1 heterocycles. The SMILES string of the molecule is O=[N+]([O-])c1ccc2c(c1)[C@H]1[C@@H]3CC[C@@H](C3)[C@@H]1[C@@H](c1ccc(OCc3ccccc3Cl)cc1)N2. The van der Waals surface area contributed by atoms with Crippen molar-refractivity contribution in [3.05, 3.63) is 98.6 Å². The van der Waals surface area contributed by atoms with Gasteiger partial charge in [-0.2, -0.15) is 0 Å². The molecule has 168 valence electrons. The molecule has 2 fully saturated rings. The van der Waals surface area contributed by atoms with E-state index in [1.54, 1.807) is 6.07 Å². The van der Waals surface area contributed by atoms with Crippen LogP contribution in [0.15, 0.2) is 66.7 Å². The van der Waals surface area contributed by atoms with Crippen LogP contribution >= 0.6 is 11.6 Å². The fourth-order valence-electron chi connectivity index (χ4n) is 6.46. The molecule has 0 radical (unpaired) electrons. The van der Waals surface area contributed by atoms with Gasteiger partial charge in [-0.25, -0.2) is 0 Å². The number of benzene rings is 3. The van der Waals surface area contributed by atoms with Crippen molar-refractivity contribution in [3.63, 3.8) is 0 Å². The van der Waals surface area contributed by atoms with Crippen LogP contribution in [-0.4, -0.2) is 4.92 Å². The Morgan fingerprint density at radius 1 is 1.03 bits per heavy atom. The van der Waals surface area contributed by atoms with Crippen molar-refractivity contribution in [3.8, 4) is 5.75 Å². The molecule has 0 spiro atoms. The molecule has 2 bridgehead atoms. The number of nitro groups is 1. The van der Waals surface area contributed by atoms with Crippen molar-refractivity contribution < 1.29 is 9.66 Å². The normalized spacial score (nSPS) is 26.9. The second kappa shape index (κ2) is 8.07. The second-order valence-corrected chi connectivity index (χ2v) is 9.94. The minimum absolute atomic E-state index is 0.190. The van der Waals surface area contributed by atoms with Crippen LogP contribution < -0.4 is 10.1 Å². The van der Waals surface area contributed by atoms with Crippen LogP contribution in [0.25, 0.3) is 0 Å². The zero-order valence-corrected chi connectivity index (χ0v) is 18.9. The Kier molecular flexibility index (Phi) is 5.02. The van der Waals surface area contributed by atoms with Crippen molar-refractivity contribution in [2.75, 3.05) is 5.32 Å². The lowest BCUT2D eigenvalue weighted by atomic mass is 9.68. The maximum atomic E-state index is 11.4. The van der Waals surface area contributed by atoms with Gasteiger partial charge in [0.05, 0.1) is 11.0 Å². The van der Waals surface area contributed by atoms with Crippen molar-refractivity contribution >= 4 is 23.0 Å². The maximum absolute atomic E-state index is 11.4. The number of nitrogens with zero attached hydrogens (tertiary/aromatic N) is 1. The highest BCUT2D eigenvalue weighted by Crippen LogP contribution is 2.63. The standard InChI is InChI=1S/C27H25ClN2O3/c28-23-4-2-1-3-19(23)15-33-21-10-7-16(8-11-21)27-26-18-6-5-17(13-18)25(26)22-14-20(30(31)32)9-12-24(22)29-27/h1-4,7-12,14,17-18,25-27,29H,5-6,13,15H2/t17-,18+,25-,26+,27-/m1/s1. The highest BCUT2D eigenvalue weighted by molar-refractivity contribution is 6.31. The van der Waals surface area contributed by atoms with Gasteiger partial charge in [-0.1, -0.05) is 41.9 Å². The first-order valence-electron chi connectivity index (χ1n) is 11.6. The van der Waals surface area contributed by atoms with Crippen molar-refractivity contribution in [2.24, 2.45) is 17.8 Å². The van der Waals surface area contributed by atoms with Crippen LogP contribution in [0.1, 0.15) is 47.9 Å². The lowest BCUT2D eigenvalue weighted by Gasteiger charge is -2.43. The molecule has 0 amide bonds. The largest absolute Gasteiger partial charge is 0.489 e. The third kappa shape index (κ3) is 3.55. The Bertz CT molecular complexity index is 1210. The molecule has 0 aromatic heterocycles. The topological polar surface area (TPSA) is 64.4 Å². The maximum Gasteiger partial charge on any atom is 0.269 e. The Morgan fingerprint density at radius 2 is 1.82 bits per heavy atom. The Balaban J connectivity index is 1.27. The molecule has 5 nitrogen and oxygen atoms in total. The van der Waals surface area contributed by atoms with Gasteiger partial charge < -0.3 is 10.1 Å². The smallest absolute Gasteiger partial charge is 0.269 e. The Labute approximate surface area is 197 Å². The number of hydrogen-bond acceptors (Lipinski definition) is 4. The number of rotatable bonds is 5. The van der Waals surface area contributed by atoms with Gasteiger partial charge in [-0.3, -0.25) is 10.1 Å². The summed E-state index contributed by atoms with van der Waals surface area (Å²) in [5.74, 6) is 2.97. The fraction of sp³-hybridized carbons (Fsp3) is 0.333. The van der Waals surface area contributed by atoms with E-state index in [-0.39, 0.29) is 16.7 Å². The first-order chi connectivity index (χ1) is 16.1. The average Bonchev–Trinajstić information content (AvgIpc) is 3.46. The summed E-state index contributed by atoms with van der Waals surface area (Å²) in [7, 11) is 0. The summed E-state index contributed by atoms with van der Waals surface area (Å²) in [6.45, 7) is 0.432. The van der Waals surface area contributed by atoms with Gasteiger partial charge in [0.25, 0.3) is 5.69 Å². The predicted molar refractivity (Wildman–Crippen MR) is 129 cm³/mol. The van der Waals surface area contributed by atoms with Crippen molar-refractivity contribution in [2.45, 2.75) is 37.8 Å². The van der Waals surface area contributed by atoms with E-state index in [1.165, 1.54) is 24.8 Å². The number of ether oxygens (including phenoxy) is 1. The van der Waals surface area contributed by atoms with Crippen LogP contribution in [0.2, 0.25) is 5.02 Å². The average molecular weight is 461 g/mol. The molecule has 2 aliphatic carbocycles. The Morgan fingerprint density at radius 3 is 2.61 bits per heavy atom. The van der Waals surface area contributed by atoms with Gasteiger partial charge >= 0.3 is 0 Å². The first kappa shape index (κ1) is 20.5. The van der Waals surface area contributed by atoms with E-state index in [9.17, 15) is 10.1 Å². The Hall–Kier alpha value is -3.05. The van der Waals surface area contributed by atoms with Gasteiger partial charge in [0, 0.05) is 28.4 Å². The van der Waals surface area contributed by atoms with E-state index in [0.717, 1.165) is 22.6 Å².